The number of hydrogen-bond donors (Lipinski definition) is 0. The van der Waals surface area contributed by atoms with Crippen molar-refractivity contribution >= 4 is 17.3 Å². The first-order chi connectivity index (χ1) is 8.29. The van der Waals surface area contributed by atoms with Crippen molar-refractivity contribution in [1.29, 1.82) is 5.26 Å². The van der Waals surface area contributed by atoms with Crippen molar-refractivity contribution in [3.8, 4) is 6.07 Å². The van der Waals surface area contributed by atoms with Gasteiger partial charge in [0.15, 0.2) is 0 Å². The standard InChI is InChI=1S/C13H16ClN3/c14-12(10-15)11-16-6-8-17(9-7-16)13-4-2-1-3-5-13/h1-5,12H,6-9,11H2. The highest BCUT2D eigenvalue weighted by Gasteiger charge is 2.18. The summed E-state index contributed by atoms with van der Waals surface area (Å²) in [5.41, 5.74) is 1.27. The predicted molar refractivity (Wildman–Crippen MR) is 70.3 cm³/mol. The first-order valence-corrected chi connectivity index (χ1v) is 6.29. The molecule has 0 spiro atoms. The number of hydrogen-bond acceptors (Lipinski definition) is 3. The SMILES string of the molecule is N#CC(Cl)CN1CCN(c2ccccc2)CC1. The summed E-state index contributed by atoms with van der Waals surface area (Å²) in [6.45, 7) is 4.61. The van der Waals surface area contributed by atoms with Gasteiger partial charge in [0, 0.05) is 38.4 Å². The summed E-state index contributed by atoms with van der Waals surface area (Å²) >= 11 is 5.84. The first kappa shape index (κ1) is 12.2. The van der Waals surface area contributed by atoms with Gasteiger partial charge in [-0.3, -0.25) is 4.90 Å². The molecular weight excluding hydrogens is 234 g/mol. The van der Waals surface area contributed by atoms with Crippen LogP contribution in [0.3, 0.4) is 0 Å². The van der Waals surface area contributed by atoms with E-state index >= 15 is 0 Å². The molecule has 0 aromatic heterocycles. The van der Waals surface area contributed by atoms with Crippen molar-refractivity contribution in [3.05, 3.63) is 30.3 Å². The van der Waals surface area contributed by atoms with Crippen LogP contribution in [0.4, 0.5) is 5.69 Å². The van der Waals surface area contributed by atoms with Gasteiger partial charge in [-0.25, -0.2) is 0 Å². The maximum Gasteiger partial charge on any atom is 0.133 e. The van der Waals surface area contributed by atoms with Gasteiger partial charge in [-0.15, -0.1) is 11.6 Å². The zero-order valence-electron chi connectivity index (χ0n) is 9.72. The highest BCUT2D eigenvalue weighted by Crippen LogP contribution is 2.15. The minimum atomic E-state index is -0.390. The number of para-hydroxylation sites is 1. The molecule has 1 unspecified atom stereocenters. The van der Waals surface area contributed by atoms with Gasteiger partial charge in [0.25, 0.3) is 0 Å². The van der Waals surface area contributed by atoms with Crippen LogP contribution in [0.1, 0.15) is 0 Å². The Hall–Kier alpha value is -1.24. The van der Waals surface area contributed by atoms with Gasteiger partial charge in [-0.2, -0.15) is 5.26 Å². The van der Waals surface area contributed by atoms with Crippen LogP contribution < -0.4 is 4.90 Å². The number of benzene rings is 1. The molecule has 0 bridgehead atoms. The molecule has 1 saturated heterocycles. The lowest BCUT2D eigenvalue weighted by Gasteiger charge is -2.36. The first-order valence-electron chi connectivity index (χ1n) is 5.85. The summed E-state index contributed by atoms with van der Waals surface area (Å²) in [6, 6.07) is 12.5. The molecule has 4 heteroatoms. The average Bonchev–Trinajstić information content (AvgIpc) is 2.40. The van der Waals surface area contributed by atoms with E-state index in [0.29, 0.717) is 6.54 Å². The average molecular weight is 250 g/mol. The van der Waals surface area contributed by atoms with Crippen molar-refractivity contribution in [2.45, 2.75) is 5.38 Å². The van der Waals surface area contributed by atoms with E-state index in [9.17, 15) is 0 Å². The minimum absolute atomic E-state index is 0.390. The van der Waals surface area contributed by atoms with Crippen molar-refractivity contribution in [2.24, 2.45) is 0 Å². The van der Waals surface area contributed by atoms with E-state index in [1.54, 1.807) is 0 Å². The number of alkyl halides is 1. The molecule has 0 radical (unpaired) electrons. The highest BCUT2D eigenvalue weighted by molar-refractivity contribution is 6.22. The Morgan fingerprint density at radius 3 is 2.41 bits per heavy atom. The molecular formula is C13H16ClN3. The maximum atomic E-state index is 8.68. The van der Waals surface area contributed by atoms with E-state index in [1.807, 2.05) is 6.07 Å². The molecule has 1 aliphatic heterocycles. The molecule has 1 aliphatic rings. The Morgan fingerprint density at radius 1 is 1.18 bits per heavy atom. The molecule has 0 amide bonds. The van der Waals surface area contributed by atoms with Crippen LogP contribution in [0.15, 0.2) is 30.3 Å². The van der Waals surface area contributed by atoms with Gasteiger partial charge >= 0.3 is 0 Å². The number of rotatable bonds is 3. The molecule has 1 aromatic carbocycles. The third-order valence-electron chi connectivity index (χ3n) is 3.05. The van der Waals surface area contributed by atoms with Crippen LogP contribution in [-0.4, -0.2) is 43.0 Å². The zero-order chi connectivity index (χ0) is 12.1. The summed E-state index contributed by atoms with van der Waals surface area (Å²) in [7, 11) is 0. The van der Waals surface area contributed by atoms with Crippen molar-refractivity contribution in [2.75, 3.05) is 37.6 Å². The molecule has 1 heterocycles. The van der Waals surface area contributed by atoms with E-state index in [1.165, 1.54) is 5.69 Å². The second-order valence-corrected chi connectivity index (χ2v) is 4.75. The largest absolute Gasteiger partial charge is 0.369 e. The Balaban J connectivity index is 1.85. The van der Waals surface area contributed by atoms with E-state index in [2.05, 4.69) is 40.1 Å². The summed E-state index contributed by atoms with van der Waals surface area (Å²) in [5, 5.41) is 8.29. The summed E-state index contributed by atoms with van der Waals surface area (Å²) in [4.78, 5) is 4.62. The normalized spacial score (nSPS) is 18.7. The minimum Gasteiger partial charge on any atom is -0.369 e. The van der Waals surface area contributed by atoms with E-state index < -0.39 is 5.38 Å². The molecule has 2 rings (SSSR count). The quantitative estimate of drug-likeness (QED) is 0.767. The Labute approximate surface area is 107 Å². The van der Waals surface area contributed by atoms with Crippen molar-refractivity contribution in [1.82, 2.24) is 4.90 Å². The molecule has 0 saturated carbocycles. The molecule has 3 nitrogen and oxygen atoms in total. The van der Waals surface area contributed by atoms with Crippen LogP contribution >= 0.6 is 11.6 Å². The smallest absolute Gasteiger partial charge is 0.133 e. The summed E-state index contributed by atoms with van der Waals surface area (Å²) in [5.74, 6) is 0. The van der Waals surface area contributed by atoms with Crippen LogP contribution in [0.25, 0.3) is 0 Å². The van der Waals surface area contributed by atoms with E-state index in [-0.39, 0.29) is 0 Å². The van der Waals surface area contributed by atoms with Gasteiger partial charge < -0.3 is 4.90 Å². The lowest BCUT2D eigenvalue weighted by atomic mass is 10.2. The van der Waals surface area contributed by atoms with Crippen molar-refractivity contribution in [3.63, 3.8) is 0 Å². The highest BCUT2D eigenvalue weighted by atomic mass is 35.5. The third-order valence-corrected chi connectivity index (χ3v) is 3.29. The lowest BCUT2D eigenvalue weighted by Crippen LogP contribution is -2.47. The number of halogens is 1. The van der Waals surface area contributed by atoms with Crippen molar-refractivity contribution < 1.29 is 0 Å². The summed E-state index contributed by atoms with van der Waals surface area (Å²) in [6.07, 6.45) is 0. The molecule has 0 aliphatic carbocycles. The fourth-order valence-corrected chi connectivity index (χ4v) is 2.29. The number of piperazine rings is 1. The van der Waals surface area contributed by atoms with Gasteiger partial charge in [0.1, 0.15) is 5.38 Å². The van der Waals surface area contributed by atoms with Crippen LogP contribution in [0.5, 0.6) is 0 Å². The number of nitriles is 1. The van der Waals surface area contributed by atoms with Gasteiger partial charge in [0.2, 0.25) is 0 Å². The number of anilines is 1. The molecule has 1 atom stereocenters. The molecule has 17 heavy (non-hydrogen) atoms. The maximum absolute atomic E-state index is 8.68. The third kappa shape index (κ3) is 3.36. The molecule has 1 aromatic rings. The van der Waals surface area contributed by atoms with Crippen LogP contribution in [0, 0.1) is 11.3 Å². The second kappa shape index (κ2) is 5.90. The Morgan fingerprint density at radius 2 is 1.82 bits per heavy atom. The predicted octanol–water partition coefficient (Wildman–Crippen LogP) is 1.94. The van der Waals surface area contributed by atoms with E-state index in [0.717, 1.165) is 26.2 Å². The van der Waals surface area contributed by atoms with Gasteiger partial charge in [-0.05, 0) is 12.1 Å². The summed E-state index contributed by atoms with van der Waals surface area (Å²) < 4.78 is 0. The second-order valence-electron chi connectivity index (χ2n) is 4.22. The molecule has 0 N–H and O–H groups in total. The van der Waals surface area contributed by atoms with E-state index in [4.69, 9.17) is 16.9 Å². The fourth-order valence-electron chi connectivity index (χ4n) is 2.09. The van der Waals surface area contributed by atoms with Crippen LogP contribution in [-0.2, 0) is 0 Å². The Bertz CT molecular complexity index is 379. The zero-order valence-corrected chi connectivity index (χ0v) is 10.5. The fraction of sp³-hybridized carbons (Fsp3) is 0.462. The monoisotopic (exact) mass is 249 g/mol. The lowest BCUT2D eigenvalue weighted by molar-refractivity contribution is 0.265. The van der Waals surface area contributed by atoms with Gasteiger partial charge in [-0.1, -0.05) is 18.2 Å². The molecule has 90 valence electrons. The van der Waals surface area contributed by atoms with Crippen LogP contribution in [0.2, 0.25) is 0 Å². The van der Waals surface area contributed by atoms with Gasteiger partial charge in [0.05, 0.1) is 6.07 Å². The number of nitrogens with zero attached hydrogens (tertiary/aromatic N) is 3. The molecule has 1 fully saturated rings. The topological polar surface area (TPSA) is 30.3 Å². The Kier molecular flexibility index (Phi) is 4.24.